The minimum absolute atomic E-state index is 0.0563. The number of rotatable bonds is 3. The number of aliphatic imine (C=N–C) groups is 3. The third-order valence-electron chi connectivity index (χ3n) is 2.74. The van der Waals surface area contributed by atoms with Crippen molar-refractivity contribution in [3.63, 3.8) is 0 Å². The summed E-state index contributed by atoms with van der Waals surface area (Å²) in [7, 11) is -3.70. The van der Waals surface area contributed by atoms with Gasteiger partial charge in [-0.3, -0.25) is 9.71 Å². The summed E-state index contributed by atoms with van der Waals surface area (Å²) in [5, 5.41) is 0. The molecule has 1 aliphatic rings. The molecule has 0 fully saturated rings. The molecule has 9 nitrogen and oxygen atoms in total. The Morgan fingerprint density at radius 3 is 2.68 bits per heavy atom. The van der Waals surface area contributed by atoms with Crippen LogP contribution in [0.3, 0.4) is 0 Å². The molecule has 0 saturated heterocycles. The van der Waals surface area contributed by atoms with Crippen molar-refractivity contribution >= 4 is 33.5 Å². The molecule has 7 N–H and O–H groups in total. The van der Waals surface area contributed by atoms with E-state index in [0.29, 0.717) is 24.5 Å². The number of hydrogen-bond acceptors (Lipinski definition) is 4. The van der Waals surface area contributed by atoms with Crippen molar-refractivity contribution in [2.24, 2.45) is 32.2 Å². The van der Waals surface area contributed by atoms with Crippen molar-refractivity contribution in [1.82, 2.24) is 4.72 Å². The van der Waals surface area contributed by atoms with Gasteiger partial charge in [-0.15, -0.1) is 0 Å². The molecule has 0 unspecified atom stereocenters. The first kappa shape index (κ1) is 15.8. The van der Waals surface area contributed by atoms with E-state index in [0.717, 1.165) is 6.42 Å². The molecule has 0 atom stereocenters. The molecule has 0 amide bonds. The van der Waals surface area contributed by atoms with Gasteiger partial charge in [0.15, 0.2) is 5.96 Å². The van der Waals surface area contributed by atoms with E-state index in [4.69, 9.17) is 17.2 Å². The Hall–Kier alpha value is -2.62. The van der Waals surface area contributed by atoms with E-state index in [2.05, 4.69) is 19.7 Å². The minimum Gasteiger partial charge on any atom is -0.370 e. The van der Waals surface area contributed by atoms with Crippen molar-refractivity contribution in [3.05, 3.63) is 24.3 Å². The lowest BCUT2D eigenvalue weighted by Crippen LogP contribution is -2.29. The summed E-state index contributed by atoms with van der Waals surface area (Å²) in [6.07, 6.45) is 1.46. The molecule has 118 valence electrons. The Bertz CT molecular complexity index is 748. The van der Waals surface area contributed by atoms with Crippen molar-refractivity contribution in [2.75, 3.05) is 6.54 Å². The van der Waals surface area contributed by atoms with Crippen LogP contribution in [0.15, 0.2) is 44.1 Å². The molecule has 1 heterocycles. The Balaban J connectivity index is 2.26. The highest BCUT2D eigenvalue weighted by atomic mass is 32.2. The first-order valence-electron chi connectivity index (χ1n) is 6.47. The molecule has 22 heavy (non-hydrogen) atoms. The number of sulfonamides is 1. The largest absolute Gasteiger partial charge is 0.370 e. The number of amidine groups is 1. The molecular weight excluding hydrogens is 306 g/mol. The van der Waals surface area contributed by atoms with Gasteiger partial charge in [0.05, 0.1) is 10.6 Å². The van der Waals surface area contributed by atoms with Gasteiger partial charge in [0.25, 0.3) is 10.0 Å². The van der Waals surface area contributed by atoms with Crippen LogP contribution in [0.1, 0.15) is 12.8 Å². The van der Waals surface area contributed by atoms with Crippen LogP contribution < -0.4 is 21.9 Å². The van der Waals surface area contributed by atoms with Gasteiger partial charge in [-0.2, -0.15) is 4.99 Å². The molecular formula is C12H17N7O2S. The molecule has 0 radical (unpaired) electrons. The van der Waals surface area contributed by atoms with Gasteiger partial charge in [-0.25, -0.2) is 13.4 Å². The smallest absolute Gasteiger partial charge is 0.262 e. The molecule has 0 spiro atoms. The van der Waals surface area contributed by atoms with Gasteiger partial charge in [-0.1, -0.05) is 6.07 Å². The summed E-state index contributed by atoms with van der Waals surface area (Å²) in [5.74, 6) is 0.0718. The van der Waals surface area contributed by atoms with E-state index in [1.807, 2.05) is 0 Å². The second-order valence-electron chi connectivity index (χ2n) is 4.54. The fourth-order valence-electron chi connectivity index (χ4n) is 1.85. The number of guanidine groups is 2. The maximum absolute atomic E-state index is 12.3. The Kier molecular flexibility index (Phi) is 4.61. The molecule has 2 rings (SSSR count). The monoisotopic (exact) mass is 323 g/mol. The van der Waals surface area contributed by atoms with Crippen molar-refractivity contribution in [1.29, 1.82) is 0 Å². The van der Waals surface area contributed by atoms with E-state index in [1.165, 1.54) is 12.1 Å². The minimum atomic E-state index is -3.70. The molecule has 0 bridgehead atoms. The number of nitrogens with zero attached hydrogens (tertiary/aromatic N) is 3. The third kappa shape index (κ3) is 4.19. The summed E-state index contributed by atoms with van der Waals surface area (Å²) in [4.78, 5) is 11.6. The predicted molar refractivity (Wildman–Crippen MR) is 85.4 cm³/mol. The van der Waals surface area contributed by atoms with Gasteiger partial charge in [-0.05, 0) is 24.6 Å². The maximum Gasteiger partial charge on any atom is 0.262 e. The zero-order chi connectivity index (χ0) is 16.2. The molecule has 1 aromatic rings. The SMILES string of the molecule is NC(N)=NC(N)=Nc1cccc(S(=O)(=O)NC2=NCCC2)c1. The Morgan fingerprint density at radius 1 is 1.27 bits per heavy atom. The number of benzene rings is 1. The van der Waals surface area contributed by atoms with Crippen LogP contribution >= 0.6 is 0 Å². The van der Waals surface area contributed by atoms with Gasteiger partial charge < -0.3 is 17.2 Å². The van der Waals surface area contributed by atoms with Crippen LogP contribution in [0.25, 0.3) is 0 Å². The van der Waals surface area contributed by atoms with Crippen LogP contribution in [0.4, 0.5) is 5.69 Å². The summed E-state index contributed by atoms with van der Waals surface area (Å²) >= 11 is 0. The lowest BCUT2D eigenvalue weighted by molar-refractivity contribution is 0.592. The lowest BCUT2D eigenvalue weighted by atomic mass is 10.3. The molecule has 1 aliphatic heterocycles. The summed E-state index contributed by atoms with van der Waals surface area (Å²) in [5.41, 5.74) is 16.2. The summed E-state index contributed by atoms with van der Waals surface area (Å²) < 4.78 is 27.0. The Labute approximate surface area is 128 Å². The topological polar surface area (TPSA) is 161 Å². The van der Waals surface area contributed by atoms with Gasteiger partial charge in [0.2, 0.25) is 5.96 Å². The first-order chi connectivity index (χ1) is 10.4. The second-order valence-corrected chi connectivity index (χ2v) is 6.22. The van der Waals surface area contributed by atoms with Crippen molar-refractivity contribution in [3.8, 4) is 0 Å². The zero-order valence-corrected chi connectivity index (χ0v) is 12.5. The molecule has 0 saturated carbocycles. The van der Waals surface area contributed by atoms with Crippen molar-refractivity contribution in [2.45, 2.75) is 17.7 Å². The van der Waals surface area contributed by atoms with E-state index >= 15 is 0 Å². The van der Waals surface area contributed by atoms with Gasteiger partial charge in [0, 0.05) is 13.0 Å². The fourth-order valence-corrected chi connectivity index (χ4v) is 2.97. The first-order valence-corrected chi connectivity index (χ1v) is 7.95. The van der Waals surface area contributed by atoms with E-state index in [-0.39, 0.29) is 16.8 Å². The van der Waals surface area contributed by atoms with E-state index in [1.54, 1.807) is 12.1 Å². The highest BCUT2D eigenvalue weighted by Gasteiger charge is 2.18. The fraction of sp³-hybridized carbons (Fsp3) is 0.250. The second kappa shape index (κ2) is 6.43. The predicted octanol–water partition coefficient (Wildman–Crippen LogP) is -0.623. The van der Waals surface area contributed by atoms with Crippen LogP contribution in [-0.2, 0) is 10.0 Å². The molecule has 10 heteroatoms. The van der Waals surface area contributed by atoms with E-state index < -0.39 is 10.0 Å². The third-order valence-corrected chi connectivity index (χ3v) is 4.12. The summed E-state index contributed by atoms with van der Waals surface area (Å²) in [6.45, 7) is 0.636. The van der Waals surface area contributed by atoms with Gasteiger partial charge >= 0.3 is 0 Å². The van der Waals surface area contributed by atoms with Crippen molar-refractivity contribution < 1.29 is 8.42 Å². The number of hydrogen-bond donors (Lipinski definition) is 4. The highest BCUT2D eigenvalue weighted by Crippen LogP contribution is 2.18. The summed E-state index contributed by atoms with van der Waals surface area (Å²) in [6, 6.07) is 5.95. The Morgan fingerprint density at radius 2 is 2.05 bits per heavy atom. The normalized spacial score (nSPS) is 15.3. The highest BCUT2D eigenvalue weighted by molar-refractivity contribution is 7.90. The molecule has 0 aliphatic carbocycles. The lowest BCUT2D eigenvalue weighted by Gasteiger charge is -2.08. The maximum atomic E-state index is 12.3. The van der Waals surface area contributed by atoms with Crippen LogP contribution in [0.2, 0.25) is 0 Å². The van der Waals surface area contributed by atoms with Crippen LogP contribution in [-0.4, -0.2) is 32.7 Å². The zero-order valence-electron chi connectivity index (χ0n) is 11.7. The molecule has 0 aromatic heterocycles. The van der Waals surface area contributed by atoms with Crippen LogP contribution in [0.5, 0.6) is 0 Å². The number of nitrogens with two attached hydrogens (primary N) is 3. The molecule has 1 aromatic carbocycles. The van der Waals surface area contributed by atoms with E-state index in [9.17, 15) is 8.42 Å². The van der Waals surface area contributed by atoms with Crippen LogP contribution in [0, 0.1) is 0 Å². The number of nitrogens with one attached hydrogen (secondary N) is 1. The average Bonchev–Trinajstić information content (AvgIpc) is 2.90. The average molecular weight is 323 g/mol. The standard InChI is InChI=1S/C12H17N7O2S/c13-11(14)18-12(15)17-8-3-1-4-9(7-8)22(20,21)19-10-5-2-6-16-10/h1,3-4,7H,2,5-6H2,(H,16,19)(H6,13,14,15,17,18). The quantitative estimate of drug-likeness (QED) is 0.429. The van der Waals surface area contributed by atoms with Gasteiger partial charge in [0.1, 0.15) is 5.84 Å².